The molecule has 3 rings (SSSR count). The van der Waals surface area contributed by atoms with E-state index in [1.165, 1.54) is 23.5 Å². The molecule has 1 heterocycles. The number of hydrogen-bond acceptors (Lipinski definition) is 4. The monoisotopic (exact) mass is 334 g/mol. The van der Waals surface area contributed by atoms with Gasteiger partial charge in [0.2, 0.25) is 5.91 Å². The highest BCUT2D eigenvalue weighted by Crippen LogP contribution is 2.32. The van der Waals surface area contributed by atoms with Crippen molar-refractivity contribution in [3.63, 3.8) is 0 Å². The molecule has 1 aromatic heterocycles. The molecule has 120 valence electrons. The summed E-state index contributed by atoms with van der Waals surface area (Å²) in [5.41, 5.74) is 0.253. The molecule has 0 aliphatic heterocycles. The minimum Gasteiger partial charge on any atom is -0.480 e. The maximum absolute atomic E-state index is 12.9. The number of aromatic nitrogens is 1. The highest BCUT2D eigenvalue weighted by molar-refractivity contribution is 7.13. The number of carboxylic acids is 1. The summed E-state index contributed by atoms with van der Waals surface area (Å²) in [6.07, 6.45) is 1.77. The molecule has 2 aromatic rings. The van der Waals surface area contributed by atoms with Gasteiger partial charge in [0.15, 0.2) is 0 Å². The zero-order chi connectivity index (χ0) is 16.4. The third kappa shape index (κ3) is 3.24. The van der Waals surface area contributed by atoms with Gasteiger partial charge in [-0.05, 0) is 43.5 Å². The van der Waals surface area contributed by atoms with Gasteiger partial charge in [-0.25, -0.2) is 14.2 Å². The van der Waals surface area contributed by atoms with Crippen molar-refractivity contribution in [3.05, 3.63) is 41.2 Å². The van der Waals surface area contributed by atoms with E-state index in [-0.39, 0.29) is 18.1 Å². The Balaban J connectivity index is 1.66. The lowest BCUT2D eigenvalue weighted by atomic mass is 9.76. The van der Waals surface area contributed by atoms with Crippen LogP contribution in [0.25, 0.3) is 10.6 Å². The number of carbonyl (C=O) groups is 2. The van der Waals surface area contributed by atoms with Gasteiger partial charge in [-0.1, -0.05) is 0 Å². The predicted octanol–water partition coefficient (Wildman–Crippen LogP) is 2.62. The van der Waals surface area contributed by atoms with Crippen molar-refractivity contribution in [3.8, 4) is 10.6 Å². The average Bonchev–Trinajstić information content (AvgIpc) is 2.91. The Morgan fingerprint density at radius 2 is 2.00 bits per heavy atom. The molecule has 0 atom stereocenters. The number of benzene rings is 1. The van der Waals surface area contributed by atoms with Gasteiger partial charge in [0.1, 0.15) is 16.4 Å². The molecule has 0 unspecified atom stereocenters. The fourth-order valence-electron chi connectivity index (χ4n) is 2.51. The van der Waals surface area contributed by atoms with Crippen LogP contribution in [0.2, 0.25) is 0 Å². The van der Waals surface area contributed by atoms with Gasteiger partial charge >= 0.3 is 5.97 Å². The number of aliphatic carboxylic acids is 1. The fraction of sp³-hybridized carbons (Fsp3) is 0.312. The lowest BCUT2D eigenvalue weighted by Crippen LogP contribution is -2.59. The third-order valence-corrected chi connectivity index (χ3v) is 4.92. The molecule has 5 nitrogen and oxygen atoms in total. The van der Waals surface area contributed by atoms with Crippen LogP contribution in [0.1, 0.15) is 25.0 Å². The minimum absolute atomic E-state index is 0.0344. The summed E-state index contributed by atoms with van der Waals surface area (Å²) in [7, 11) is 0. The lowest BCUT2D eigenvalue weighted by molar-refractivity contribution is -0.151. The van der Waals surface area contributed by atoms with E-state index in [2.05, 4.69) is 10.3 Å². The fourth-order valence-corrected chi connectivity index (χ4v) is 3.34. The van der Waals surface area contributed by atoms with Crippen molar-refractivity contribution in [2.75, 3.05) is 0 Å². The molecule has 1 saturated carbocycles. The second-order valence-electron chi connectivity index (χ2n) is 5.62. The summed E-state index contributed by atoms with van der Waals surface area (Å²) < 4.78 is 12.9. The van der Waals surface area contributed by atoms with E-state index in [0.717, 1.165) is 12.0 Å². The van der Waals surface area contributed by atoms with E-state index >= 15 is 0 Å². The standard InChI is InChI=1S/C16H15FN2O3S/c17-11-4-2-10(3-5-11)14-18-12(9-23-14)8-13(20)19-16(15(21)22)6-1-7-16/h2-5,9H,1,6-8H2,(H,19,20)(H,21,22). The number of rotatable bonds is 5. The number of thiazole rings is 1. The van der Waals surface area contributed by atoms with E-state index in [9.17, 15) is 19.1 Å². The first kappa shape index (κ1) is 15.6. The molecule has 7 heteroatoms. The molecule has 1 fully saturated rings. The average molecular weight is 334 g/mol. The first-order valence-corrected chi connectivity index (χ1v) is 8.11. The maximum atomic E-state index is 12.9. The number of nitrogens with one attached hydrogen (secondary N) is 1. The van der Waals surface area contributed by atoms with Crippen LogP contribution in [-0.4, -0.2) is 27.5 Å². The number of halogens is 1. The zero-order valence-corrected chi connectivity index (χ0v) is 13.0. The van der Waals surface area contributed by atoms with E-state index in [0.29, 0.717) is 23.5 Å². The van der Waals surface area contributed by atoms with Gasteiger partial charge in [-0.2, -0.15) is 0 Å². The molecule has 1 aromatic carbocycles. The predicted molar refractivity (Wildman–Crippen MR) is 83.6 cm³/mol. The number of carboxylic acid groups (broad SMARTS) is 1. The van der Waals surface area contributed by atoms with Crippen molar-refractivity contribution in [1.29, 1.82) is 0 Å². The Labute approximate surface area is 136 Å². The normalized spacial score (nSPS) is 15.7. The highest BCUT2D eigenvalue weighted by Gasteiger charge is 2.45. The summed E-state index contributed by atoms with van der Waals surface area (Å²) >= 11 is 1.36. The summed E-state index contributed by atoms with van der Waals surface area (Å²) in [6.45, 7) is 0. The van der Waals surface area contributed by atoms with Crippen LogP contribution in [0.5, 0.6) is 0 Å². The summed E-state index contributed by atoms with van der Waals surface area (Å²) in [6, 6.07) is 5.98. The number of hydrogen-bond donors (Lipinski definition) is 2. The van der Waals surface area contributed by atoms with Gasteiger partial charge in [-0.3, -0.25) is 4.79 Å². The highest BCUT2D eigenvalue weighted by atomic mass is 32.1. The van der Waals surface area contributed by atoms with Gasteiger partial charge in [0.05, 0.1) is 12.1 Å². The van der Waals surface area contributed by atoms with Crippen LogP contribution >= 0.6 is 11.3 Å². The molecule has 0 spiro atoms. The van der Waals surface area contributed by atoms with Crippen molar-refractivity contribution < 1.29 is 19.1 Å². The Hall–Kier alpha value is -2.28. The van der Waals surface area contributed by atoms with Gasteiger partial charge in [0, 0.05) is 10.9 Å². The molecule has 2 N–H and O–H groups in total. The summed E-state index contributed by atoms with van der Waals surface area (Å²) in [5, 5.41) is 14.3. The molecule has 0 radical (unpaired) electrons. The quantitative estimate of drug-likeness (QED) is 0.881. The van der Waals surface area contributed by atoms with Crippen molar-refractivity contribution in [2.24, 2.45) is 0 Å². The van der Waals surface area contributed by atoms with Crippen LogP contribution in [0.4, 0.5) is 4.39 Å². The molecular formula is C16H15FN2O3S. The van der Waals surface area contributed by atoms with Crippen molar-refractivity contribution in [1.82, 2.24) is 10.3 Å². The molecule has 1 aliphatic carbocycles. The Kier molecular flexibility index (Phi) is 4.12. The largest absolute Gasteiger partial charge is 0.480 e. The molecule has 23 heavy (non-hydrogen) atoms. The van der Waals surface area contributed by atoms with Crippen LogP contribution in [-0.2, 0) is 16.0 Å². The van der Waals surface area contributed by atoms with Crippen molar-refractivity contribution in [2.45, 2.75) is 31.2 Å². The van der Waals surface area contributed by atoms with Gasteiger partial charge in [-0.15, -0.1) is 11.3 Å². The van der Waals surface area contributed by atoms with Crippen LogP contribution in [0.15, 0.2) is 29.6 Å². The first-order chi connectivity index (χ1) is 11.0. The number of carbonyl (C=O) groups excluding carboxylic acids is 1. The topological polar surface area (TPSA) is 79.3 Å². The second kappa shape index (κ2) is 6.08. The molecule has 0 bridgehead atoms. The SMILES string of the molecule is O=C(Cc1csc(-c2ccc(F)cc2)n1)NC1(C(=O)O)CCC1. The Morgan fingerprint density at radius 3 is 2.57 bits per heavy atom. The van der Waals surface area contributed by atoms with E-state index in [4.69, 9.17) is 0 Å². The first-order valence-electron chi connectivity index (χ1n) is 7.23. The molecular weight excluding hydrogens is 319 g/mol. The maximum Gasteiger partial charge on any atom is 0.329 e. The molecule has 1 aliphatic rings. The Morgan fingerprint density at radius 1 is 1.30 bits per heavy atom. The van der Waals surface area contributed by atoms with Gasteiger partial charge in [0.25, 0.3) is 0 Å². The van der Waals surface area contributed by atoms with Crippen LogP contribution in [0, 0.1) is 5.82 Å². The smallest absolute Gasteiger partial charge is 0.329 e. The Bertz CT molecular complexity index is 738. The molecule has 1 amide bonds. The second-order valence-corrected chi connectivity index (χ2v) is 6.47. The number of nitrogens with zero attached hydrogens (tertiary/aromatic N) is 1. The van der Waals surface area contributed by atoms with Crippen LogP contribution in [0.3, 0.4) is 0 Å². The lowest BCUT2D eigenvalue weighted by Gasteiger charge is -2.38. The van der Waals surface area contributed by atoms with E-state index < -0.39 is 11.5 Å². The molecule has 0 saturated heterocycles. The zero-order valence-electron chi connectivity index (χ0n) is 12.2. The van der Waals surface area contributed by atoms with E-state index in [1.807, 2.05) is 0 Å². The minimum atomic E-state index is -1.10. The summed E-state index contributed by atoms with van der Waals surface area (Å²) in [5.74, 6) is -1.64. The number of amides is 1. The summed E-state index contributed by atoms with van der Waals surface area (Å²) in [4.78, 5) is 27.7. The third-order valence-electron chi connectivity index (χ3n) is 3.98. The van der Waals surface area contributed by atoms with Gasteiger partial charge < -0.3 is 10.4 Å². The van der Waals surface area contributed by atoms with Crippen LogP contribution < -0.4 is 5.32 Å². The van der Waals surface area contributed by atoms with E-state index in [1.54, 1.807) is 17.5 Å². The van der Waals surface area contributed by atoms with Crippen molar-refractivity contribution >= 4 is 23.2 Å².